The van der Waals surface area contributed by atoms with Gasteiger partial charge in [-0.15, -0.1) is 11.3 Å². The van der Waals surface area contributed by atoms with E-state index < -0.39 is 0 Å². The highest BCUT2D eigenvalue weighted by Gasteiger charge is 2.01. The Hall–Kier alpha value is -1.13. The third-order valence-corrected chi connectivity index (χ3v) is 3.66. The normalized spacial score (nSPS) is 10.9. The van der Waals surface area contributed by atoms with Gasteiger partial charge in [0.05, 0.1) is 18.6 Å². The summed E-state index contributed by atoms with van der Waals surface area (Å²) in [6, 6.07) is 4.42. The van der Waals surface area contributed by atoms with Crippen molar-refractivity contribution in [2.45, 2.75) is 26.4 Å². The molecular weight excluding hydrogens is 218 g/mol. The zero-order valence-corrected chi connectivity index (χ0v) is 10.5. The van der Waals surface area contributed by atoms with Crippen molar-refractivity contribution in [2.75, 3.05) is 7.05 Å². The van der Waals surface area contributed by atoms with E-state index in [1.807, 2.05) is 24.7 Å². The van der Waals surface area contributed by atoms with Gasteiger partial charge in [0.2, 0.25) is 0 Å². The van der Waals surface area contributed by atoms with Crippen LogP contribution in [0.25, 0.3) is 0 Å². The number of nitrogens with zero attached hydrogens (tertiary/aromatic N) is 2. The second kappa shape index (κ2) is 5.27. The molecule has 4 heteroatoms. The molecule has 0 aliphatic rings. The predicted molar refractivity (Wildman–Crippen MR) is 67.8 cm³/mol. The molecule has 2 aromatic heterocycles. The van der Waals surface area contributed by atoms with E-state index in [1.54, 1.807) is 0 Å². The fourth-order valence-corrected chi connectivity index (χ4v) is 2.61. The highest BCUT2D eigenvalue weighted by Crippen LogP contribution is 2.18. The van der Waals surface area contributed by atoms with Gasteiger partial charge in [-0.1, -0.05) is 6.92 Å². The van der Waals surface area contributed by atoms with Gasteiger partial charge in [-0.3, -0.25) is 0 Å². The zero-order valence-electron chi connectivity index (χ0n) is 9.73. The number of hydrogen-bond donors (Lipinski definition) is 1. The van der Waals surface area contributed by atoms with Gasteiger partial charge in [0.1, 0.15) is 0 Å². The minimum absolute atomic E-state index is 0.831. The Morgan fingerprint density at radius 2 is 2.19 bits per heavy atom. The lowest BCUT2D eigenvalue weighted by Crippen LogP contribution is -2.05. The molecule has 0 aromatic carbocycles. The summed E-state index contributed by atoms with van der Waals surface area (Å²) in [5.74, 6) is 0. The Kier molecular flexibility index (Phi) is 3.74. The average Bonchev–Trinajstić information content (AvgIpc) is 2.89. The van der Waals surface area contributed by atoms with Crippen LogP contribution in [-0.2, 0) is 19.5 Å². The number of aryl methyl sites for hydroxylation is 1. The van der Waals surface area contributed by atoms with Crippen molar-refractivity contribution in [3.63, 3.8) is 0 Å². The van der Waals surface area contributed by atoms with Crippen LogP contribution < -0.4 is 5.32 Å². The number of hydrogen-bond acceptors (Lipinski definition) is 3. The lowest BCUT2D eigenvalue weighted by atomic mass is 10.3. The molecule has 3 nitrogen and oxygen atoms in total. The molecule has 16 heavy (non-hydrogen) atoms. The number of rotatable bonds is 5. The van der Waals surface area contributed by atoms with Crippen LogP contribution in [0.1, 0.15) is 22.4 Å². The highest BCUT2D eigenvalue weighted by atomic mass is 32.1. The molecule has 0 atom stereocenters. The number of nitrogens with one attached hydrogen (secondary N) is 1. The minimum atomic E-state index is 0.831. The molecule has 0 saturated carbocycles. The van der Waals surface area contributed by atoms with Crippen LogP contribution in [0.3, 0.4) is 0 Å². The molecule has 2 heterocycles. The van der Waals surface area contributed by atoms with Gasteiger partial charge in [0, 0.05) is 22.5 Å². The summed E-state index contributed by atoms with van der Waals surface area (Å²) in [5.41, 5.74) is 1.09. The van der Waals surface area contributed by atoms with E-state index in [0.29, 0.717) is 0 Å². The van der Waals surface area contributed by atoms with Gasteiger partial charge in [0.25, 0.3) is 0 Å². The standard InChI is InChI=1S/C12H17N3S/c1-3-11-4-5-12(16-11)8-15-7-10(6-13-2)14-9-15/h4-5,7,9,13H,3,6,8H2,1-2H3. The number of thiophene rings is 1. The molecule has 0 fully saturated rings. The van der Waals surface area contributed by atoms with Crippen LogP contribution in [0.4, 0.5) is 0 Å². The quantitative estimate of drug-likeness (QED) is 0.861. The van der Waals surface area contributed by atoms with Crippen molar-refractivity contribution < 1.29 is 0 Å². The summed E-state index contributed by atoms with van der Waals surface area (Å²) in [4.78, 5) is 7.18. The van der Waals surface area contributed by atoms with E-state index in [1.165, 1.54) is 9.75 Å². The predicted octanol–water partition coefficient (Wildman–Crippen LogP) is 2.27. The van der Waals surface area contributed by atoms with Gasteiger partial charge < -0.3 is 9.88 Å². The summed E-state index contributed by atoms with van der Waals surface area (Å²) >= 11 is 1.89. The Morgan fingerprint density at radius 1 is 1.38 bits per heavy atom. The lowest BCUT2D eigenvalue weighted by molar-refractivity contribution is 0.787. The van der Waals surface area contributed by atoms with Crippen LogP contribution in [0.5, 0.6) is 0 Å². The Balaban J connectivity index is 2.02. The Morgan fingerprint density at radius 3 is 2.88 bits per heavy atom. The summed E-state index contributed by atoms with van der Waals surface area (Å²) in [6.45, 7) is 3.96. The largest absolute Gasteiger partial charge is 0.332 e. The fourth-order valence-electron chi connectivity index (χ4n) is 1.64. The minimum Gasteiger partial charge on any atom is -0.332 e. The highest BCUT2D eigenvalue weighted by molar-refractivity contribution is 7.11. The van der Waals surface area contributed by atoms with Crippen LogP contribution in [0.15, 0.2) is 24.7 Å². The van der Waals surface area contributed by atoms with Crippen molar-refractivity contribution in [3.05, 3.63) is 40.1 Å². The third kappa shape index (κ3) is 2.71. The average molecular weight is 235 g/mol. The Labute approximate surface area is 100 Å². The van der Waals surface area contributed by atoms with Crippen molar-refractivity contribution >= 4 is 11.3 Å². The van der Waals surface area contributed by atoms with Crippen molar-refractivity contribution in [1.29, 1.82) is 0 Å². The van der Waals surface area contributed by atoms with Crippen molar-refractivity contribution in [3.8, 4) is 0 Å². The molecule has 0 bridgehead atoms. The van der Waals surface area contributed by atoms with Gasteiger partial charge in [-0.05, 0) is 25.6 Å². The molecule has 0 aliphatic heterocycles. The van der Waals surface area contributed by atoms with E-state index in [4.69, 9.17) is 0 Å². The molecule has 0 saturated heterocycles. The maximum absolute atomic E-state index is 4.33. The van der Waals surface area contributed by atoms with E-state index in [-0.39, 0.29) is 0 Å². The van der Waals surface area contributed by atoms with Gasteiger partial charge in [-0.25, -0.2) is 4.98 Å². The molecule has 1 N–H and O–H groups in total. The van der Waals surface area contributed by atoms with Crippen molar-refractivity contribution in [2.24, 2.45) is 0 Å². The SMILES string of the molecule is CCc1ccc(Cn2cnc(CNC)c2)s1. The maximum Gasteiger partial charge on any atom is 0.0953 e. The molecule has 0 radical (unpaired) electrons. The third-order valence-electron chi connectivity index (χ3n) is 2.45. The summed E-state index contributed by atoms with van der Waals surface area (Å²) in [7, 11) is 1.94. The monoisotopic (exact) mass is 235 g/mol. The van der Waals surface area contributed by atoms with E-state index >= 15 is 0 Å². The molecule has 0 amide bonds. The van der Waals surface area contributed by atoms with Crippen LogP contribution in [0.2, 0.25) is 0 Å². The topological polar surface area (TPSA) is 29.9 Å². The first-order valence-electron chi connectivity index (χ1n) is 5.54. The Bertz CT molecular complexity index is 445. The van der Waals surface area contributed by atoms with E-state index in [0.717, 1.165) is 25.2 Å². The second-order valence-electron chi connectivity index (χ2n) is 3.79. The van der Waals surface area contributed by atoms with Crippen LogP contribution in [0, 0.1) is 0 Å². The van der Waals surface area contributed by atoms with E-state index in [2.05, 4.69) is 40.1 Å². The molecule has 2 aromatic rings. The first-order valence-corrected chi connectivity index (χ1v) is 6.36. The first-order chi connectivity index (χ1) is 7.81. The fraction of sp³-hybridized carbons (Fsp3) is 0.417. The summed E-state index contributed by atoms with van der Waals surface area (Å²) < 4.78 is 2.14. The molecule has 2 rings (SSSR count). The second-order valence-corrected chi connectivity index (χ2v) is 5.04. The summed E-state index contributed by atoms with van der Waals surface area (Å²) in [6.07, 6.45) is 5.12. The van der Waals surface area contributed by atoms with Crippen LogP contribution in [-0.4, -0.2) is 16.6 Å². The maximum atomic E-state index is 4.33. The number of aromatic nitrogens is 2. The van der Waals surface area contributed by atoms with Crippen molar-refractivity contribution in [1.82, 2.24) is 14.9 Å². The first kappa shape index (κ1) is 11.4. The molecule has 86 valence electrons. The molecule has 0 spiro atoms. The van der Waals surface area contributed by atoms with E-state index in [9.17, 15) is 0 Å². The lowest BCUT2D eigenvalue weighted by Gasteiger charge is -1.98. The number of imidazole rings is 1. The molecular formula is C12H17N3S. The van der Waals surface area contributed by atoms with Gasteiger partial charge in [0.15, 0.2) is 0 Å². The zero-order chi connectivity index (χ0) is 11.4. The van der Waals surface area contributed by atoms with Gasteiger partial charge >= 0.3 is 0 Å². The smallest absolute Gasteiger partial charge is 0.0953 e. The molecule has 0 aliphatic carbocycles. The van der Waals surface area contributed by atoms with Crippen LogP contribution >= 0.6 is 11.3 Å². The summed E-state index contributed by atoms with van der Waals surface area (Å²) in [5, 5.41) is 3.10. The van der Waals surface area contributed by atoms with Gasteiger partial charge in [-0.2, -0.15) is 0 Å². The molecule has 0 unspecified atom stereocenters.